The van der Waals surface area contributed by atoms with Gasteiger partial charge in [-0.2, -0.15) is 0 Å². The van der Waals surface area contributed by atoms with E-state index in [1.807, 2.05) is 0 Å². The fraction of sp³-hybridized carbons (Fsp3) is 0.909. The monoisotopic (exact) mass is 225 g/mol. The van der Waals surface area contributed by atoms with Gasteiger partial charge in [0.15, 0.2) is 5.96 Å². The lowest BCUT2D eigenvalue weighted by atomic mass is 9.87. The lowest BCUT2D eigenvalue weighted by molar-refractivity contribution is 0.141. The summed E-state index contributed by atoms with van der Waals surface area (Å²) in [5, 5.41) is 3.41. The van der Waals surface area contributed by atoms with Crippen LogP contribution in [0.25, 0.3) is 0 Å². The molecule has 1 fully saturated rings. The summed E-state index contributed by atoms with van der Waals surface area (Å²) in [4.78, 5) is 8.97. The number of aliphatic imine (C=N–C) groups is 1. The van der Waals surface area contributed by atoms with Gasteiger partial charge in [-0.05, 0) is 40.0 Å². The third-order valence-corrected chi connectivity index (χ3v) is 3.69. The molecule has 0 saturated carbocycles. The van der Waals surface area contributed by atoms with Crippen LogP contribution in [0.1, 0.15) is 12.8 Å². The van der Waals surface area contributed by atoms with Gasteiger partial charge >= 0.3 is 0 Å². The van der Waals surface area contributed by atoms with Crippen molar-refractivity contribution < 1.29 is 0 Å². The van der Waals surface area contributed by atoms with E-state index >= 15 is 0 Å². The summed E-state index contributed by atoms with van der Waals surface area (Å²) in [6, 6.07) is 0. The van der Waals surface area contributed by atoms with Crippen LogP contribution in [0.3, 0.4) is 0 Å². The minimum atomic E-state index is 0.214. The maximum Gasteiger partial charge on any atom is 0.191 e. The van der Waals surface area contributed by atoms with E-state index in [0.717, 1.165) is 51.5 Å². The molecular weight excluding hydrogens is 202 g/mol. The smallest absolute Gasteiger partial charge is 0.191 e. The van der Waals surface area contributed by atoms with Crippen molar-refractivity contribution in [2.24, 2.45) is 10.7 Å². The Morgan fingerprint density at radius 1 is 1.44 bits per heavy atom. The lowest BCUT2D eigenvalue weighted by Gasteiger charge is -2.42. The first-order chi connectivity index (χ1) is 7.64. The third kappa shape index (κ3) is 2.15. The maximum absolute atomic E-state index is 6.01. The van der Waals surface area contributed by atoms with Crippen LogP contribution in [-0.4, -0.2) is 68.1 Å². The van der Waals surface area contributed by atoms with E-state index in [-0.39, 0.29) is 5.54 Å². The van der Waals surface area contributed by atoms with Crippen LogP contribution in [0.5, 0.6) is 0 Å². The largest absolute Gasteiger partial charge is 0.370 e. The molecule has 1 spiro atoms. The fourth-order valence-electron chi connectivity index (χ4n) is 2.61. The SMILES string of the molecule is CN(C)CCN1C(N)=NCC12CCNCC2. The highest BCUT2D eigenvalue weighted by Gasteiger charge is 2.42. The van der Waals surface area contributed by atoms with Gasteiger partial charge in [0.2, 0.25) is 0 Å². The van der Waals surface area contributed by atoms with Crippen LogP contribution >= 0.6 is 0 Å². The number of nitrogens with one attached hydrogen (secondary N) is 1. The topological polar surface area (TPSA) is 56.9 Å². The second-order valence-corrected chi connectivity index (χ2v) is 5.10. The molecule has 2 aliphatic heterocycles. The van der Waals surface area contributed by atoms with Gasteiger partial charge in [0.25, 0.3) is 0 Å². The molecule has 0 aromatic rings. The van der Waals surface area contributed by atoms with Crippen molar-refractivity contribution >= 4 is 5.96 Å². The fourth-order valence-corrected chi connectivity index (χ4v) is 2.61. The number of piperidine rings is 1. The zero-order valence-corrected chi connectivity index (χ0v) is 10.4. The van der Waals surface area contributed by atoms with E-state index in [2.05, 4.69) is 34.2 Å². The average Bonchev–Trinajstić information content (AvgIpc) is 2.55. The molecule has 3 N–H and O–H groups in total. The Kier molecular flexibility index (Phi) is 3.35. The van der Waals surface area contributed by atoms with Crippen LogP contribution < -0.4 is 11.1 Å². The number of nitrogens with zero attached hydrogens (tertiary/aromatic N) is 3. The molecule has 0 aromatic carbocycles. The van der Waals surface area contributed by atoms with Crippen LogP contribution in [0.2, 0.25) is 0 Å². The number of nitrogens with two attached hydrogens (primary N) is 1. The lowest BCUT2D eigenvalue weighted by Crippen LogP contribution is -2.57. The molecule has 0 atom stereocenters. The van der Waals surface area contributed by atoms with E-state index in [9.17, 15) is 0 Å². The summed E-state index contributed by atoms with van der Waals surface area (Å²) in [6.45, 7) is 5.07. The third-order valence-electron chi connectivity index (χ3n) is 3.69. The second kappa shape index (κ2) is 4.59. The van der Waals surface area contributed by atoms with E-state index in [1.165, 1.54) is 0 Å². The standard InChI is InChI=1S/C11H23N5/c1-15(2)7-8-16-10(12)14-9-11(16)3-5-13-6-4-11/h13H,3-9H2,1-2H3,(H2,12,14). The molecule has 16 heavy (non-hydrogen) atoms. The van der Waals surface area contributed by atoms with Crippen LogP contribution in [0, 0.1) is 0 Å². The molecule has 0 aromatic heterocycles. The van der Waals surface area contributed by atoms with E-state index in [1.54, 1.807) is 0 Å². The number of likely N-dealkylation sites (N-methyl/N-ethyl adjacent to an activating group) is 1. The van der Waals surface area contributed by atoms with Crippen molar-refractivity contribution in [3.05, 3.63) is 0 Å². The summed E-state index contributed by atoms with van der Waals surface area (Å²) in [7, 11) is 4.19. The first-order valence-corrected chi connectivity index (χ1v) is 6.07. The number of hydrogen-bond acceptors (Lipinski definition) is 5. The van der Waals surface area contributed by atoms with E-state index < -0.39 is 0 Å². The Balaban J connectivity index is 2.02. The van der Waals surface area contributed by atoms with Gasteiger partial charge in [0, 0.05) is 13.1 Å². The maximum atomic E-state index is 6.01. The highest BCUT2D eigenvalue weighted by molar-refractivity contribution is 5.81. The Labute approximate surface area is 97.7 Å². The van der Waals surface area contributed by atoms with Gasteiger partial charge in [0.1, 0.15) is 0 Å². The Hall–Kier alpha value is -0.810. The predicted molar refractivity (Wildman–Crippen MR) is 66.6 cm³/mol. The molecular formula is C11H23N5. The van der Waals surface area contributed by atoms with Crippen molar-refractivity contribution in [2.45, 2.75) is 18.4 Å². The van der Waals surface area contributed by atoms with Crippen molar-refractivity contribution in [3.8, 4) is 0 Å². The molecule has 5 nitrogen and oxygen atoms in total. The zero-order chi connectivity index (χ0) is 11.6. The number of hydrogen-bond donors (Lipinski definition) is 2. The molecule has 0 aliphatic carbocycles. The molecule has 2 heterocycles. The first-order valence-electron chi connectivity index (χ1n) is 6.07. The quantitative estimate of drug-likeness (QED) is 0.667. The summed E-state index contributed by atoms with van der Waals surface area (Å²) < 4.78 is 0. The summed E-state index contributed by atoms with van der Waals surface area (Å²) in [5.41, 5.74) is 6.22. The number of guanidine groups is 1. The van der Waals surface area contributed by atoms with Gasteiger partial charge in [-0.3, -0.25) is 4.99 Å². The molecule has 5 heteroatoms. The van der Waals surface area contributed by atoms with Crippen molar-refractivity contribution in [1.82, 2.24) is 15.1 Å². The minimum Gasteiger partial charge on any atom is -0.370 e. The minimum absolute atomic E-state index is 0.214. The van der Waals surface area contributed by atoms with Gasteiger partial charge in [-0.15, -0.1) is 0 Å². The van der Waals surface area contributed by atoms with Crippen molar-refractivity contribution in [1.29, 1.82) is 0 Å². The Bertz CT molecular complexity index is 268. The second-order valence-electron chi connectivity index (χ2n) is 5.10. The highest BCUT2D eigenvalue weighted by atomic mass is 15.4. The van der Waals surface area contributed by atoms with Crippen molar-refractivity contribution in [2.75, 3.05) is 46.8 Å². The van der Waals surface area contributed by atoms with Gasteiger partial charge < -0.3 is 20.9 Å². The Morgan fingerprint density at radius 2 is 2.12 bits per heavy atom. The van der Waals surface area contributed by atoms with E-state index in [4.69, 9.17) is 5.73 Å². The van der Waals surface area contributed by atoms with Crippen molar-refractivity contribution in [3.63, 3.8) is 0 Å². The van der Waals surface area contributed by atoms with Gasteiger partial charge in [-0.1, -0.05) is 0 Å². The predicted octanol–water partition coefficient (Wildman–Crippen LogP) is -0.699. The summed E-state index contributed by atoms with van der Waals surface area (Å²) >= 11 is 0. The summed E-state index contributed by atoms with van der Waals surface area (Å²) in [5.74, 6) is 0.740. The molecule has 0 amide bonds. The van der Waals surface area contributed by atoms with E-state index in [0.29, 0.717) is 0 Å². The normalized spacial score (nSPS) is 24.2. The zero-order valence-electron chi connectivity index (χ0n) is 10.4. The molecule has 1 saturated heterocycles. The van der Waals surface area contributed by atoms with Crippen LogP contribution in [-0.2, 0) is 0 Å². The van der Waals surface area contributed by atoms with Crippen LogP contribution in [0.4, 0.5) is 0 Å². The number of rotatable bonds is 3. The molecule has 0 unspecified atom stereocenters. The molecule has 0 radical (unpaired) electrons. The molecule has 2 aliphatic rings. The van der Waals surface area contributed by atoms with Gasteiger partial charge in [-0.25, -0.2) is 0 Å². The molecule has 2 rings (SSSR count). The average molecular weight is 225 g/mol. The first kappa shape index (κ1) is 11.7. The summed E-state index contributed by atoms with van der Waals surface area (Å²) in [6.07, 6.45) is 2.31. The van der Waals surface area contributed by atoms with Crippen LogP contribution in [0.15, 0.2) is 4.99 Å². The Morgan fingerprint density at radius 3 is 2.75 bits per heavy atom. The van der Waals surface area contributed by atoms with Gasteiger partial charge in [0.05, 0.1) is 12.1 Å². The molecule has 0 bridgehead atoms. The molecule has 92 valence electrons. The highest BCUT2D eigenvalue weighted by Crippen LogP contribution is 2.30.